The Morgan fingerprint density at radius 1 is 0.543 bits per heavy atom. The lowest BCUT2D eigenvalue weighted by molar-refractivity contribution is 0.104. The minimum atomic E-state index is 0.451. The van der Waals surface area contributed by atoms with Crippen LogP contribution in [0.4, 0.5) is 0 Å². The molecule has 4 aromatic rings. The van der Waals surface area contributed by atoms with Gasteiger partial charge in [-0.3, -0.25) is 4.98 Å². The molecule has 3 aliphatic rings. The Labute approximate surface area is 206 Å². The number of rotatable bonds is 0. The molecule has 5 nitrogen and oxygen atoms in total. The van der Waals surface area contributed by atoms with Gasteiger partial charge in [-0.15, -0.1) is 0 Å². The van der Waals surface area contributed by atoms with E-state index in [1.807, 2.05) is 72.8 Å². The molecule has 0 unspecified atom stereocenters. The van der Waals surface area contributed by atoms with E-state index in [2.05, 4.69) is 18.2 Å². The van der Waals surface area contributed by atoms with Gasteiger partial charge in [-0.25, -0.2) is 0 Å². The van der Waals surface area contributed by atoms with E-state index in [0.29, 0.717) is 33.0 Å². The largest absolute Gasteiger partial charge is 0.494 e. The SMILES string of the molecule is c1cc2cc(c1)-c1cccc(n1)COCc1ccc(cc1)OCCCCOc1ccc(cc1)OC2. The van der Waals surface area contributed by atoms with Crippen molar-refractivity contribution >= 4 is 0 Å². The summed E-state index contributed by atoms with van der Waals surface area (Å²) in [6.45, 7) is 2.77. The van der Waals surface area contributed by atoms with E-state index in [1.54, 1.807) is 0 Å². The second-order valence-electron chi connectivity index (χ2n) is 8.52. The summed E-state index contributed by atoms with van der Waals surface area (Å²) in [7, 11) is 0. The van der Waals surface area contributed by atoms with Gasteiger partial charge in [0.15, 0.2) is 0 Å². The summed E-state index contributed by atoms with van der Waals surface area (Å²) in [5.41, 5.74) is 5.06. The van der Waals surface area contributed by atoms with E-state index in [4.69, 9.17) is 23.9 Å². The summed E-state index contributed by atoms with van der Waals surface area (Å²) in [6, 6.07) is 30.2. The average molecular weight is 468 g/mol. The first-order valence-corrected chi connectivity index (χ1v) is 12.0. The Kier molecular flexibility index (Phi) is 7.56. The molecule has 7 rings (SSSR count). The average Bonchev–Trinajstić information content (AvgIpc) is 2.91. The number of hydrogen-bond donors (Lipinski definition) is 0. The van der Waals surface area contributed by atoms with Crippen molar-refractivity contribution < 1.29 is 18.9 Å². The molecule has 3 aliphatic heterocycles. The second-order valence-corrected chi connectivity index (χ2v) is 8.52. The molecule has 4 heterocycles. The smallest absolute Gasteiger partial charge is 0.120 e. The van der Waals surface area contributed by atoms with Crippen molar-refractivity contribution in [3.8, 4) is 28.5 Å². The van der Waals surface area contributed by atoms with Crippen LogP contribution in [-0.2, 0) is 24.6 Å². The van der Waals surface area contributed by atoms with E-state index < -0.39 is 0 Å². The van der Waals surface area contributed by atoms with Crippen LogP contribution in [0.2, 0.25) is 0 Å². The highest BCUT2D eigenvalue weighted by atomic mass is 16.5. The molecule has 8 bridgehead atoms. The summed E-state index contributed by atoms with van der Waals surface area (Å²) in [5, 5.41) is 0. The molecule has 0 atom stereocenters. The molecule has 0 spiro atoms. The van der Waals surface area contributed by atoms with Gasteiger partial charge in [-0.2, -0.15) is 0 Å². The number of aromatic nitrogens is 1. The van der Waals surface area contributed by atoms with Crippen molar-refractivity contribution in [1.29, 1.82) is 0 Å². The van der Waals surface area contributed by atoms with Gasteiger partial charge in [0.2, 0.25) is 0 Å². The Hall–Kier alpha value is -3.83. The molecular formula is C30H29NO4. The van der Waals surface area contributed by atoms with Gasteiger partial charge in [0, 0.05) is 5.56 Å². The maximum absolute atomic E-state index is 6.00. The maximum Gasteiger partial charge on any atom is 0.120 e. The summed E-state index contributed by atoms with van der Waals surface area (Å²) >= 11 is 0. The fourth-order valence-electron chi connectivity index (χ4n) is 3.88. The number of benzene rings is 3. The van der Waals surface area contributed by atoms with E-state index >= 15 is 0 Å². The zero-order valence-electron chi connectivity index (χ0n) is 19.7. The lowest BCUT2D eigenvalue weighted by atomic mass is 10.1. The normalized spacial score (nSPS) is 14.6. The standard InChI is InChI=1S/C30H29NO4/c1-2-18-34-28-13-15-29(16-14-28)35-21-24-5-3-6-25(19-24)30-8-4-7-26(31-30)22-32-20-23-9-11-27(12-10-23)33-17-1/h3-16,19H,1-2,17-18,20-22H2. The third kappa shape index (κ3) is 6.61. The summed E-state index contributed by atoms with van der Waals surface area (Å²) < 4.78 is 23.6. The fourth-order valence-corrected chi connectivity index (χ4v) is 3.88. The zero-order chi connectivity index (χ0) is 23.7. The van der Waals surface area contributed by atoms with Gasteiger partial charge in [0.25, 0.3) is 0 Å². The molecule has 0 saturated carbocycles. The highest BCUT2D eigenvalue weighted by molar-refractivity contribution is 5.60. The molecule has 35 heavy (non-hydrogen) atoms. The summed E-state index contributed by atoms with van der Waals surface area (Å²) in [6.07, 6.45) is 1.85. The molecule has 0 aliphatic carbocycles. The fraction of sp³-hybridized carbons (Fsp3) is 0.233. The lowest BCUT2D eigenvalue weighted by Gasteiger charge is -2.10. The van der Waals surface area contributed by atoms with Crippen molar-refractivity contribution in [2.45, 2.75) is 32.7 Å². The van der Waals surface area contributed by atoms with Crippen molar-refractivity contribution in [2.24, 2.45) is 0 Å². The molecule has 5 heteroatoms. The Balaban J connectivity index is 1.33. The van der Waals surface area contributed by atoms with Gasteiger partial charge >= 0.3 is 0 Å². The van der Waals surface area contributed by atoms with E-state index in [-0.39, 0.29) is 0 Å². The van der Waals surface area contributed by atoms with Crippen molar-refractivity contribution in [3.05, 3.63) is 108 Å². The maximum atomic E-state index is 6.00. The molecule has 1 aromatic heterocycles. The van der Waals surface area contributed by atoms with Crippen LogP contribution < -0.4 is 14.2 Å². The predicted molar refractivity (Wildman–Crippen MR) is 136 cm³/mol. The first-order valence-electron chi connectivity index (χ1n) is 12.0. The molecule has 0 radical (unpaired) electrons. The minimum absolute atomic E-state index is 0.451. The molecule has 0 fully saturated rings. The number of pyridine rings is 1. The molecule has 0 saturated heterocycles. The highest BCUT2D eigenvalue weighted by Gasteiger charge is 2.05. The van der Waals surface area contributed by atoms with Gasteiger partial charge in [0.05, 0.1) is 37.8 Å². The number of fused-ring (bicyclic) bond motifs is 2. The first-order chi connectivity index (χ1) is 17.3. The summed E-state index contributed by atoms with van der Waals surface area (Å²) in [4.78, 5) is 4.81. The van der Waals surface area contributed by atoms with Gasteiger partial charge in [-0.05, 0) is 78.6 Å². The predicted octanol–water partition coefficient (Wildman–Crippen LogP) is 6.60. The minimum Gasteiger partial charge on any atom is -0.494 e. The number of hydrogen-bond acceptors (Lipinski definition) is 5. The van der Waals surface area contributed by atoms with Crippen LogP contribution in [0.5, 0.6) is 17.2 Å². The third-order valence-corrected chi connectivity index (χ3v) is 5.78. The lowest BCUT2D eigenvalue weighted by Crippen LogP contribution is -2.03. The van der Waals surface area contributed by atoms with Gasteiger partial charge in [-0.1, -0.05) is 36.4 Å². The van der Waals surface area contributed by atoms with E-state index in [0.717, 1.165) is 58.2 Å². The van der Waals surface area contributed by atoms with Crippen LogP contribution >= 0.6 is 0 Å². The number of ether oxygens (including phenoxy) is 4. The molecule has 0 N–H and O–H groups in total. The van der Waals surface area contributed by atoms with Gasteiger partial charge in [0.1, 0.15) is 23.9 Å². The van der Waals surface area contributed by atoms with Gasteiger partial charge < -0.3 is 18.9 Å². The van der Waals surface area contributed by atoms with Crippen LogP contribution in [0, 0.1) is 0 Å². The third-order valence-electron chi connectivity index (χ3n) is 5.78. The Morgan fingerprint density at radius 3 is 1.94 bits per heavy atom. The van der Waals surface area contributed by atoms with Crippen molar-refractivity contribution in [1.82, 2.24) is 4.98 Å². The Bertz CT molecular complexity index is 1220. The summed E-state index contributed by atoms with van der Waals surface area (Å²) in [5.74, 6) is 2.52. The quantitative estimate of drug-likeness (QED) is 0.292. The van der Waals surface area contributed by atoms with Crippen LogP contribution in [0.15, 0.2) is 91.0 Å². The highest BCUT2D eigenvalue weighted by Crippen LogP contribution is 2.22. The zero-order valence-corrected chi connectivity index (χ0v) is 19.7. The van der Waals surface area contributed by atoms with Crippen LogP contribution in [0.25, 0.3) is 11.3 Å². The topological polar surface area (TPSA) is 49.8 Å². The van der Waals surface area contributed by atoms with Crippen molar-refractivity contribution in [2.75, 3.05) is 13.2 Å². The van der Waals surface area contributed by atoms with E-state index in [1.165, 1.54) is 0 Å². The number of nitrogens with zero attached hydrogens (tertiary/aromatic N) is 1. The van der Waals surface area contributed by atoms with Crippen LogP contribution in [0.1, 0.15) is 29.7 Å². The monoisotopic (exact) mass is 467 g/mol. The second kappa shape index (κ2) is 11.5. The Morgan fingerprint density at radius 2 is 1.20 bits per heavy atom. The van der Waals surface area contributed by atoms with Crippen molar-refractivity contribution in [3.63, 3.8) is 0 Å². The van der Waals surface area contributed by atoms with Crippen LogP contribution in [-0.4, -0.2) is 18.2 Å². The van der Waals surface area contributed by atoms with E-state index in [9.17, 15) is 0 Å². The molecule has 3 aromatic carbocycles. The van der Waals surface area contributed by atoms with Crippen LogP contribution in [0.3, 0.4) is 0 Å². The molecular weight excluding hydrogens is 438 g/mol. The molecule has 178 valence electrons. The molecule has 0 amide bonds. The first kappa shape index (κ1) is 22.9.